The van der Waals surface area contributed by atoms with Gasteiger partial charge in [0.2, 0.25) is 0 Å². The number of aliphatic hydroxyl groups is 7. The van der Waals surface area contributed by atoms with Crippen molar-refractivity contribution >= 4 is 17.9 Å². The molecule has 1 aromatic rings. The van der Waals surface area contributed by atoms with Crippen LogP contribution in [0.3, 0.4) is 0 Å². The first-order valence-electron chi connectivity index (χ1n) is 16.3. The number of hydrogen-bond acceptors (Lipinski definition) is 18. The second-order valence-electron chi connectivity index (χ2n) is 12.7. The van der Waals surface area contributed by atoms with Crippen LogP contribution in [-0.4, -0.2) is 168 Å². The first-order valence-corrected chi connectivity index (χ1v) is 16.3. The molecule has 0 bridgehead atoms. The Morgan fingerprint density at radius 1 is 0.750 bits per heavy atom. The molecule has 296 valence electrons. The lowest BCUT2D eigenvalue weighted by molar-refractivity contribution is -0.707. The minimum atomic E-state index is -1.95. The van der Waals surface area contributed by atoms with Gasteiger partial charge in [-0.05, 0) is 43.4 Å². The lowest BCUT2D eigenvalue weighted by Crippen LogP contribution is -2.65. The summed E-state index contributed by atoms with van der Waals surface area (Å²) in [5, 5.41) is 113. The first kappa shape index (κ1) is 43.2. The van der Waals surface area contributed by atoms with Crippen LogP contribution in [0.1, 0.15) is 30.4 Å². The van der Waals surface area contributed by atoms with E-state index in [4.69, 9.17) is 36.1 Å². The first-order chi connectivity index (χ1) is 24.4. The van der Waals surface area contributed by atoms with E-state index in [0.29, 0.717) is 0 Å². The number of ether oxygens (including phenoxy) is 4. The van der Waals surface area contributed by atoms with Gasteiger partial charge in [0, 0.05) is 5.56 Å². The minimum absolute atomic E-state index is 0.0133. The van der Waals surface area contributed by atoms with Crippen LogP contribution in [-0.2, 0) is 52.7 Å². The van der Waals surface area contributed by atoms with Gasteiger partial charge in [-0.15, -0.1) is 0 Å². The maximum atomic E-state index is 13.3. The molecule has 52 heavy (non-hydrogen) atoms. The fourth-order valence-corrected chi connectivity index (χ4v) is 5.76. The fourth-order valence-electron chi connectivity index (χ4n) is 5.76. The maximum Gasteiger partial charge on any atom is 0.320 e. The van der Waals surface area contributed by atoms with E-state index in [2.05, 4.69) is 0 Å². The zero-order valence-electron chi connectivity index (χ0n) is 27.8. The highest BCUT2D eigenvalue weighted by molar-refractivity contribution is 5.74. The van der Waals surface area contributed by atoms with Crippen LogP contribution >= 0.6 is 0 Å². The third-order valence-corrected chi connectivity index (χ3v) is 8.90. The average Bonchev–Trinajstić information content (AvgIpc) is 3.09. The fraction of sp³-hybridized carbons (Fsp3) is 0.733. The summed E-state index contributed by atoms with van der Waals surface area (Å²) in [7, 11) is 0. The number of carboxylic acid groups (broad SMARTS) is 3. The van der Waals surface area contributed by atoms with E-state index in [1.807, 2.05) is 0 Å². The van der Waals surface area contributed by atoms with E-state index in [1.54, 1.807) is 0 Å². The zero-order valence-corrected chi connectivity index (χ0v) is 27.8. The summed E-state index contributed by atoms with van der Waals surface area (Å²) in [6.45, 7) is -1.95. The molecule has 1 aromatic heterocycles. The Morgan fingerprint density at radius 2 is 1.29 bits per heavy atom. The molecule has 16 N–H and O–H groups in total. The third kappa shape index (κ3) is 10.9. The summed E-state index contributed by atoms with van der Waals surface area (Å²) >= 11 is 0. The molecule has 3 rings (SSSR count). The van der Waals surface area contributed by atoms with Crippen molar-refractivity contribution in [1.29, 1.82) is 0 Å². The number of carbonyl (C=O) groups is 3. The Labute approximate surface area is 296 Å². The molecule has 2 aliphatic heterocycles. The molecular weight excluding hydrogens is 704 g/mol. The van der Waals surface area contributed by atoms with Gasteiger partial charge in [-0.2, -0.15) is 0 Å². The topological polar surface area (TPSA) is 395 Å². The van der Waals surface area contributed by atoms with E-state index in [9.17, 15) is 70.6 Å². The molecular formula is C30H48N4O18. The Hall–Kier alpha value is -3.20. The second-order valence-corrected chi connectivity index (χ2v) is 12.7. The van der Waals surface area contributed by atoms with E-state index in [-0.39, 0.29) is 43.4 Å². The van der Waals surface area contributed by atoms with E-state index in [1.165, 1.54) is 10.8 Å². The minimum Gasteiger partial charge on any atom is -0.868 e. The molecule has 0 aromatic carbocycles. The van der Waals surface area contributed by atoms with Gasteiger partial charge in [-0.3, -0.25) is 14.4 Å². The van der Waals surface area contributed by atoms with Gasteiger partial charge in [0.1, 0.15) is 73.1 Å². The third-order valence-electron chi connectivity index (χ3n) is 8.90. The number of carboxylic acids is 3. The maximum absolute atomic E-state index is 13.3. The number of aryl methyl sites for hydroxylation is 1. The van der Waals surface area contributed by atoms with E-state index < -0.39 is 129 Å². The van der Waals surface area contributed by atoms with Crippen LogP contribution in [0, 0.1) is 0 Å². The molecule has 2 fully saturated rings. The summed E-state index contributed by atoms with van der Waals surface area (Å²) in [5.74, 6) is -4.76. The van der Waals surface area contributed by atoms with Gasteiger partial charge < -0.3 is 92.3 Å². The monoisotopic (exact) mass is 752 g/mol. The number of aliphatic carboxylic acids is 3. The SMILES string of the molecule is N[C@@H](CCc1c[n+](C[C@H](CC[C@H](N)C(=O)O)O[C@@H]2O[C@H](CO)[C@H](O)[C@H](O)[C@H]2O[C@H]2O[C@H](CO)[C@@H](O)[C@H](O)[C@H]2O)cc([O-])c1C[C@H](N)C(=O)O)C(=O)O. The number of rotatable bonds is 19. The predicted octanol–water partition coefficient (Wildman–Crippen LogP) is -7.45. The van der Waals surface area contributed by atoms with Gasteiger partial charge in [0.15, 0.2) is 31.5 Å². The van der Waals surface area contributed by atoms with E-state index in [0.717, 1.165) is 6.20 Å². The molecule has 3 heterocycles. The molecule has 0 aliphatic carbocycles. The highest BCUT2D eigenvalue weighted by atomic mass is 16.8. The largest absolute Gasteiger partial charge is 0.868 e. The summed E-state index contributed by atoms with van der Waals surface area (Å²) in [6.07, 6.45) is -17.4. The Bertz CT molecular complexity index is 1360. The Morgan fingerprint density at radius 3 is 1.85 bits per heavy atom. The number of nitrogens with zero attached hydrogens (tertiary/aromatic N) is 1. The molecule has 22 nitrogen and oxygen atoms in total. The number of aliphatic hydroxyl groups excluding tert-OH is 7. The van der Waals surface area contributed by atoms with Gasteiger partial charge in [0.25, 0.3) is 0 Å². The zero-order chi connectivity index (χ0) is 39.0. The summed E-state index contributed by atoms with van der Waals surface area (Å²) in [6, 6.07) is -4.21. The van der Waals surface area contributed by atoms with Crippen molar-refractivity contribution in [3.8, 4) is 5.75 Å². The average molecular weight is 753 g/mol. The summed E-state index contributed by atoms with van der Waals surface area (Å²) < 4.78 is 24.1. The van der Waals surface area contributed by atoms with Crippen molar-refractivity contribution in [3.63, 3.8) is 0 Å². The highest BCUT2D eigenvalue weighted by Gasteiger charge is 2.51. The molecule has 2 aliphatic rings. The van der Waals surface area contributed by atoms with Crippen LogP contribution in [0.4, 0.5) is 0 Å². The summed E-state index contributed by atoms with van der Waals surface area (Å²) in [5.41, 5.74) is 17.2. The lowest BCUT2D eigenvalue weighted by Gasteiger charge is -2.46. The molecule has 0 radical (unpaired) electrons. The normalized spacial score (nSPS) is 31.7. The standard InChI is InChI=1S/C30H48N4O18/c31-14(26(43)44)3-1-11-6-34(8-17(37)13(11)5-16(33)28(47)48)7-12(2-4-15(32)27(45)46)49-30-25(23(41)21(39)19(10-36)51-30)52-29-24(42)22(40)20(38)18(9-35)50-29/h6,8,12,14-16,18-25,29-30,35-36,38-42H,1-5,7,9-10,31-33H2,(H3-,37,43,44,45,46,47,48)/t12-,14-,15-,16-,18+,19+,20+,21-,22-,23-,24+,25+,29+,30+/m0/s1. The molecule has 2 saturated heterocycles. The number of nitrogens with two attached hydrogens (primary N) is 3. The van der Waals surface area contributed by atoms with E-state index >= 15 is 0 Å². The van der Waals surface area contributed by atoms with Crippen LogP contribution < -0.4 is 26.9 Å². The van der Waals surface area contributed by atoms with Gasteiger partial charge >= 0.3 is 17.9 Å². The number of pyridine rings is 1. The van der Waals surface area contributed by atoms with Crippen molar-refractivity contribution in [3.05, 3.63) is 23.5 Å². The predicted molar refractivity (Wildman–Crippen MR) is 165 cm³/mol. The lowest BCUT2D eigenvalue weighted by atomic mass is 9.96. The molecule has 0 spiro atoms. The van der Waals surface area contributed by atoms with Crippen LogP contribution in [0.25, 0.3) is 0 Å². The molecule has 22 heteroatoms. The summed E-state index contributed by atoms with van der Waals surface area (Å²) in [4.78, 5) is 34.3. The van der Waals surface area contributed by atoms with Crippen LogP contribution in [0.5, 0.6) is 5.75 Å². The molecule has 0 unspecified atom stereocenters. The second kappa shape index (κ2) is 19.2. The number of hydrogen-bond donors (Lipinski definition) is 13. The van der Waals surface area contributed by atoms with Crippen molar-refractivity contribution < 1.29 is 94.1 Å². The Kier molecular flexibility index (Phi) is 16.0. The molecule has 0 saturated carbocycles. The van der Waals surface area contributed by atoms with Crippen molar-refractivity contribution in [2.75, 3.05) is 13.2 Å². The smallest absolute Gasteiger partial charge is 0.320 e. The van der Waals surface area contributed by atoms with Gasteiger partial charge in [-0.25, -0.2) is 4.57 Å². The Balaban J connectivity index is 1.99. The van der Waals surface area contributed by atoms with Gasteiger partial charge in [-0.1, -0.05) is 0 Å². The van der Waals surface area contributed by atoms with Gasteiger partial charge in [0.05, 0.1) is 13.2 Å². The van der Waals surface area contributed by atoms with Crippen LogP contribution in [0.2, 0.25) is 0 Å². The molecule has 14 atom stereocenters. The number of aromatic nitrogens is 1. The van der Waals surface area contributed by atoms with Crippen molar-refractivity contribution in [2.24, 2.45) is 17.2 Å². The highest BCUT2D eigenvalue weighted by Crippen LogP contribution is 2.31. The van der Waals surface area contributed by atoms with Crippen molar-refractivity contribution in [2.45, 2.75) is 124 Å². The van der Waals surface area contributed by atoms with Crippen LogP contribution in [0.15, 0.2) is 12.4 Å². The van der Waals surface area contributed by atoms with Crippen molar-refractivity contribution in [1.82, 2.24) is 0 Å². The quantitative estimate of drug-likeness (QED) is 0.0584. The molecule has 0 amide bonds.